The van der Waals surface area contributed by atoms with Gasteiger partial charge in [0.15, 0.2) is 0 Å². The molecule has 1 aliphatic rings. The summed E-state index contributed by atoms with van der Waals surface area (Å²) in [5.74, 6) is 0.696. The third-order valence-corrected chi connectivity index (χ3v) is 3.00. The monoisotopic (exact) mass is 349 g/mol. The summed E-state index contributed by atoms with van der Waals surface area (Å²) < 4.78 is 0. The van der Waals surface area contributed by atoms with Gasteiger partial charge in [0.1, 0.15) is 5.82 Å². The second-order valence-electron chi connectivity index (χ2n) is 4.58. The fourth-order valence-electron chi connectivity index (χ4n) is 1.94. The minimum absolute atomic E-state index is 0. The van der Waals surface area contributed by atoms with Crippen molar-refractivity contribution in [1.29, 1.82) is 0 Å². The zero-order valence-corrected chi connectivity index (χ0v) is 13.9. The summed E-state index contributed by atoms with van der Waals surface area (Å²) in [6, 6.07) is 3.61. The van der Waals surface area contributed by atoms with Gasteiger partial charge in [-0.3, -0.25) is 9.59 Å². The van der Waals surface area contributed by atoms with Crippen LogP contribution < -0.4 is 20.9 Å². The van der Waals surface area contributed by atoms with Gasteiger partial charge >= 0.3 is 0 Å². The largest absolute Gasteiger partial charge is 0.353 e. The van der Waals surface area contributed by atoms with Gasteiger partial charge in [-0.25, -0.2) is 4.98 Å². The number of hydrogen-bond donors (Lipinski definition) is 3. The highest BCUT2D eigenvalue weighted by Crippen LogP contribution is 2.14. The molecular formula is C13H21Cl2N5O2. The molecule has 2 amide bonds. The first-order valence-electron chi connectivity index (χ1n) is 6.61. The van der Waals surface area contributed by atoms with Gasteiger partial charge < -0.3 is 20.9 Å². The summed E-state index contributed by atoms with van der Waals surface area (Å²) >= 11 is 0. The van der Waals surface area contributed by atoms with E-state index in [-0.39, 0.29) is 36.6 Å². The Morgan fingerprint density at radius 3 is 2.77 bits per heavy atom. The van der Waals surface area contributed by atoms with E-state index in [2.05, 4.69) is 20.9 Å². The topological polar surface area (TPSA) is 86.4 Å². The molecule has 1 aromatic rings. The van der Waals surface area contributed by atoms with Crippen LogP contribution in [0.15, 0.2) is 18.3 Å². The highest BCUT2D eigenvalue weighted by atomic mass is 35.5. The molecule has 0 spiro atoms. The number of carbonyl (C=O) groups excluding carboxylic acids is 2. The maximum absolute atomic E-state index is 11.6. The van der Waals surface area contributed by atoms with Crippen molar-refractivity contribution >= 4 is 48.1 Å². The molecule has 1 aromatic heterocycles. The third-order valence-electron chi connectivity index (χ3n) is 3.00. The smallest absolute Gasteiger partial charge is 0.239 e. The molecule has 0 saturated carbocycles. The Bertz CT molecular complexity index is 484. The number of rotatable bonds is 5. The van der Waals surface area contributed by atoms with Crippen LogP contribution in [-0.2, 0) is 9.59 Å². The van der Waals surface area contributed by atoms with Crippen LogP contribution in [0.1, 0.15) is 6.42 Å². The van der Waals surface area contributed by atoms with Gasteiger partial charge in [-0.15, -0.1) is 24.8 Å². The SMILES string of the molecule is CNCCC(=O)Nc1ccc(N2CCNC(=O)C2)nc1.Cl.Cl. The molecule has 0 unspecified atom stereocenters. The van der Waals surface area contributed by atoms with Crippen LogP contribution >= 0.6 is 24.8 Å². The van der Waals surface area contributed by atoms with Crippen LogP contribution in [0.4, 0.5) is 11.5 Å². The van der Waals surface area contributed by atoms with Crippen molar-refractivity contribution in [3.8, 4) is 0 Å². The molecule has 0 radical (unpaired) electrons. The Morgan fingerprint density at radius 2 is 2.18 bits per heavy atom. The summed E-state index contributed by atoms with van der Waals surface area (Å²) in [5.41, 5.74) is 0.663. The van der Waals surface area contributed by atoms with E-state index in [0.717, 1.165) is 12.4 Å². The Labute approximate surface area is 142 Å². The average molecular weight is 350 g/mol. The molecule has 0 aliphatic carbocycles. The molecular weight excluding hydrogens is 329 g/mol. The molecule has 3 N–H and O–H groups in total. The first-order valence-corrected chi connectivity index (χ1v) is 6.61. The minimum Gasteiger partial charge on any atom is -0.353 e. The predicted molar refractivity (Wildman–Crippen MR) is 91.1 cm³/mol. The number of halogens is 2. The predicted octanol–water partition coefficient (Wildman–Crippen LogP) is 0.409. The molecule has 0 atom stereocenters. The van der Waals surface area contributed by atoms with Gasteiger partial charge in [0.2, 0.25) is 11.8 Å². The molecule has 0 aromatic carbocycles. The number of amides is 2. The fourth-order valence-corrected chi connectivity index (χ4v) is 1.94. The molecule has 124 valence electrons. The summed E-state index contributed by atoms with van der Waals surface area (Å²) in [5, 5.41) is 8.46. The Hall–Kier alpha value is -1.57. The lowest BCUT2D eigenvalue weighted by Crippen LogP contribution is -2.48. The van der Waals surface area contributed by atoms with Gasteiger partial charge in [-0.05, 0) is 19.2 Å². The number of hydrogen-bond acceptors (Lipinski definition) is 5. The number of piperazine rings is 1. The van der Waals surface area contributed by atoms with Gasteiger partial charge in [0, 0.05) is 26.1 Å². The number of nitrogens with zero attached hydrogens (tertiary/aromatic N) is 2. The van der Waals surface area contributed by atoms with Gasteiger partial charge in [0.05, 0.1) is 18.4 Å². The van der Waals surface area contributed by atoms with Gasteiger partial charge in [-0.1, -0.05) is 0 Å². The van der Waals surface area contributed by atoms with E-state index in [1.807, 2.05) is 11.0 Å². The second kappa shape index (κ2) is 10.2. The number of nitrogens with one attached hydrogen (secondary N) is 3. The van der Waals surface area contributed by atoms with Crippen molar-refractivity contribution in [2.24, 2.45) is 0 Å². The minimum atomic E-state index is -0.0498. The molecule has 2 rings (SSSR count). The summed E-state index contributed by atoms with van der Waals surface area (Å²) in [7, 11) is 1.80. The van der Waals surface area contributed by atoms with Crippen LogP contribution in [0.2, 0.25) is 0 Å². The first kappa shape index (κ1) is 20.4. The standard InChI is InChI=1S/C13H19N5O2.2ClH/c1-14-5-4-12(19)17-10-2-3-11(16-8-10)18-7-6-15-13(20)9-18;;/h2-3,8,14H,4-7,9H2,1H3,(H,15,20)(H,17,19);2*1H. The van der Waals surface area contributed by atoms with Crippen molar-refractivity contribution in [2.75, 3.05) is 43.4 Å². The van der Waals surface area contributed by atoms with E-state index >= 15 is 0 Å². The second-order valence-corrected chi connectivity index (χ2v) is 4.58. The quantitative estimate of drug-likeness (QED) is 0.716. The Balaban J connectivity index is 0.00000220. The number of anilines is 2. The first-order chi connectivity index (χ1) is 9.69. The highest BCUT2D eigenvalue weighted by molar-refractivity contribution is 5.90. The molecule has 7 nitrogen and oxygen atoms in total. The van der Waals surface area contributed by atoms with Crippen molar-refractivity contribution < 1.29 is 9.59 Å². The fraction of sp³-hybridized carbons (Fsp3) is 0.462. The summed E-state index contributed by atoms with van der Waals surface area (Å²) in [6.07, 6.45) is 2.03. The number of aromatic nitrogens is 1. The van der Waals surface area contributed by atoms with Crippen LogP contribution in [0, 0.1) is 0 Å². The van der Waals surface area contributed by atoms with Crippen molar-refractivity contribution in [2.45, 2.75) is 6.42 Å². The highest BCUT2D eigenvalue weighted by Gasteiger charge is 2.17. The van der Waals surface area contributed by atoms with E-state index in [1.54, 1.807) is 19.3 Å². The van der Waals surface area contributed by atoms with E-state index < -0.39 is 0 Å². The summed E-state index contributed by atoms with van der Waals surface area (Å²) in [6.45, 7) is 2.33. The molecule has 1 saturated heterocycles. The summed E-state index contributed by atoms with van der Waals surface area (Å²) in [4.78, 5) is 29.1. The normalized spacial score (nSPS) is 13.5. The molecule has 1 aliphatic heterocycles. The zero-order chi connectivity index (χ0) is 14.4. The van der Waals surface area contributed by atoms with Crippen LogP contribution in [0.5, 0.6) is 0 Å². The van der Waals surface area contributed by atoms with Crippen LogP contribution in [-0.4, -0.2) is 50.0 Å². The van der Waals surface area contributed by atoms with Crippen LogP contribution in [0.25, 0.3) is 0 Å². The number of carbonyl (C=O) groups is 2. The molecule has 22 heavy (non-hydrogen) atoms. The maximum Gasteiger partial charge on any atom is 0.239 e. The lowest BCUT2D eigenvalue weighted by molar-refractivity contribution is -0.120. The van der Waals surface area contributed by atoms with Gasteiger partial charge in [0.25, 0.3) is 0 Å². The Morgan fingerprint density at radius 1 is 1.41 bits per heavy atom. The van der Waals surface area contributed by atoms with Crippen molar-refractivity contribution in [1.82, 2.24) is 15.6 Å². The van der Waals surface area contributed by atoms with Crippen molar-refractivity contribution in [3.63, 3.8) is 0 Å². The van der Waals surface area contributed by atoms with Crippen LogP contribution in [0.3, 0.4) is 0 Å². The average Bonchev–Trinajstić information content (AvgIpc) is 2.46. The van der Waals surface area contributed by atoms with E-state index in [4.69, 9.17) is 0 Å². The molecule has 2 heterocycles. The lowest BCUT2D eigenvalue weighted by atomic mass is 10.3. The van der Waals surface area contributed by atoms with E-state index in [9.17, 15) is 9.59 Å². The van der Waals surface area contributed by atoms with Crippen molar-refractivity contribution in [3.05, 3.63) is 18.3 Å². The van der Waals surface area contributed by atoms with E-state index in [0.29, 0.717) is 31.7 Å². The Kier molecular flexibility index (Phi) is 9.48. The molecule has 0 bridgehead atoms. The maximum atomic E-state index is 11.6. The lowest BCUT2D eigenvalue weighted by Gasteiger charge is -2.27. The molecule has 9 heteroatoms. The van der Waals surface area contributed by atoms with E-state index in [1.165, 1.54) is 0 Å². The number of pyridine rings is 1. The molecule has 1 fully saturated rings. The third kappa shape index (κ3) is 6.05. The zero-order valence-electron chi connectivity index (χ0n) is 12.3. The van der Waals surface area contributed by atoms with Gasteiger partial charge in [-0.2, -0.15) is 0 Å².